The average Bonchev–Trinajstić information content (AvgIpc) is 2.27. The summed E-state index contributed by atoms with van der Waals surface area (Å²) in [5.74, 6) is 1.90. The Morgan fingerprint density at radius 1 is 1.47 bits per heavy atom. The van der Waals surface area contributed by atoms with E-state index in [2.05, 4.69) is 5.92 Å². The molecule has 0 amide bonds. The van der Waals surface area contributed by atoms with Crippen molar-refractivity contribution in [3.05, 3.63) is 30.3 Å². The van der Waals surface area contributed by atoms with Crippen LogP contribution in [0.25, 0.3) is 0 Å². The van der Waals surface area contributed by atoms with Gasteiger partial charge in [0.15, 0.2) is 0 Å². The second-order valence-electron chi connectivity index (χ2n) is 3.04. The van der Waals surface area contributed by atoms with Gasteiger partial charge < -0.3 is 9.84 Å². The molecule has 1 atom stereocenters. The summed E-state index contributed by atoms with van der Waals surface area (Å²) in [6, 6.07) is 8.74. The Morgan fingerprint density at radius 2 is 2.13 bits per heavy atom. The Hall–Kier alpha value is -1.79. The van der Waals surface area contributed by atoms with Gasteiger partial charge in [0.1, 0.15) is 5.75 Å². The summed E-state index contributed by atoms with van der Waals surface area (Å²) >= 11 is 0. The Labute approximate surface area is 88.7 Å². The van der Waals surface area contributed by atoms with Crippen LogP contribution in [0.3, 0.4) is 0 Å². The van der Waals surface area contributed by atoms with E-state index in [-0.39, 0.29) is 13.0 Å². The number of rotatable bonds is 4. The quantitative estimate of drug-likeness (QED) is 0.455. The van der Waals surface area contributed by atoms with Gasteiger partial charge in [-0.15, -0.1) is 12.3 Å². The molecule has 0 heterocycles. The van der Waals surface area contributed by atoms with E-state index in [1.165, 1.54) is 0 Å². The Balaban J connectivity index is 2.47. The number of aliphatic hydroxyl groups is 1. The van der Waals surface area contributed by atoms with E-state index in [1.807, 2.05) is 6.07 Å². The fraction of sp³-hybridized carbons (Fsp3) is 0.250. The van der Waals surface area contributed by atoms with Crippen molar-refractivity contribution >= 4 is 5.97 Å². The van der Waals surface area contributed by atoms with Crippen molar-refractivity contribution in [3.8, 4) is 18.1 Å². The van der Waals surface area contributed by atoms with Crippen molar-refractivity contribution in [2.45, 2.75) is 6.42 Å². The monoisotopic (exact) mass is 204 g/mol. The summed E-state index contributed by atoms with van der Waals surface area (Å²) in [6.45, 7) is -0.208. The molecule has 0 saturated carbocycles. The van der Waals surface area contributed by atoms with Crippen LogP contribution >= 0.6 is 0 Å². The van der Waals surface area contributed by atoms with Gasteiger partial charge in [0.05, 0.1) is 18.9 Å². The fourth-order valence-corrected chi connectivity index (χ4v) is 1.04. The summed E-state index contributed by atoms with van der Waals surface area (Å²) < 4.78 is 5.00. The first kappa shape index (κ1) is 11.3. The normalized spacial score (nSPS) is 11.5. The molecular formula is C12H12O3. The zero-order valence-corrected chi connectivity index (χ0v) is 8.22. The highest BCUT2D eigenvalue weighted by molar-refractivity contribution is 5.73. The topological polar surface area (TPSA) is 46.5 Å². The molecule has 1 unspecified atom stereocenters. The van der Waals surface area contributed by atoms with Crippen LogP contribution < -0.4 is 4.74 Å². The lowest BCUT2D eigenvalue weighted by Crippen LogP contribution is -2.15. The number of carbonyl (C=O) groups is 1. The van der Waals surface area contributed by atoms with Crippen molar-refractivity contribution in [2.24, 2.45) is 5.92 Å². The highest BCUT2D eigenvalue weighted by Crippen LogP contribution is 2.11. The highest BCUT2D eigenvalue weighted by Gasteiger charge is 2.11. The molecule has 0 radical (unpaired) electrons. The van der Waals surface area contributed by atoms with Crippen molar-refractivity contribution in [3.63, 3.8) is 0 Å². The van der Waals surface area contributed by atoms with Gasteiger partial charge in [0, 0.05) is 0 Å². The number of aliphatic hydroxyl groups excluding tert-OH is 1. The highest BCUT2D eigenvalue weighted by atomic mass is 16.5. The number of hydrogen-bond donors (Lipinski definition) is 1. The Bertz CT molecular complexity index is 351. The first-order valence-corrected chi connectivity index (χ1v) is 4.59. The number of para-hydroxylation sites is 1. The SMILES string of the molecule is C#CC(CO)CC(=O)Oc1ccccc1. The number of carbonyl (C=O) groups excluding carboxylic acids is 1. The van der Waals surface area contributed by atoms with E-state index in [1.54, 1.807) is 24.3 Å². The van der Waals surface area contributed by atoms with Crippen molar-refractivity contribution < 1.29 is 14.6 Å². The molecule has 0 bridgehead atoms. The van der Waals surface area contributed by atoms with E-state index in [4.69, 9.17) is 16.3 Å². The van der Waals surface area contributed by atoms with Crippen LogP contribution in [0.5, 0.6) is 5.75 Å². The molecule has 0 spiro atoms. The van der Waals surface area contributed by atoms with Crippen LogP contribution in [0.4, 0.5) is 0 Å². The molecule has 1 rings (SSSR count). The number of hydrogen-bond acceptors (Lipinski definition) is 3. The molecule has 0 fully saturated rings. The molecule has 1 aromatic carbocycles. The van der Waals surface area contributed by atoms with Gasteiger partial charge in [0.2, 0.25) is 0 Å². The molecule has 0 aromatic heterocycles. The van der Waals surface area contributed by atoms with Crippen LogP contribution in [0.2, 0.25) is 0 Å². The first-order valence-electron chi connectivity index (χ1n) is 4.59. The summed E-state index contributed by atoms with van der Waals surface area (Å²) in [4.78, 5) is 11.3. The van der Waals surface area contributed by atoms with Gasteiger partial charge in [-0.1, -0.05) is 18.2 Å². The van der Waals surface area contributed by atoms with E-state index in [0.29, 0.717) is 5.75 Å². The fourth-order valence-electron chi connectivity index (χ4n) is 1.04. The van der Waals surface area contributed by atoms with E-state index < -0.39 is 11.9 Å². The second kappa shape index (κ2) is 5.84. The summed E-state index contributed by atoms with van der Waals surface area (Å²) in [7, 11) is 0. The van der Waals surface area contributed by atoms with Crippen LogP contribution in [0.15, 0.2) is 30.3 Å². The number of esters is 1. The van der Waals surface area contributed by atoms with Crippen molar-refractivity contribution in [1.82, 2.24) is 0 Å². The molecule has 0 aliphatic rings. The van der Waals surface area contributed by atoms with Crippen LogP contribution in [-0.2, 0) is 4.79 Å². The Morgan fingerprint density at radius 3 is 2.67 bits per heavy atom. The standard InChI is InChI=1S/C12H12O3/c1-2-10(9-13)8-12(14)15-11-6-4-3-5-7-11/h1,3-7,10,13H,8-9H2. The van der Waals surface area contributed by atoms with E-state index >= 15 is 0 Å². The maximum atomic E-state index is 11.3. The maximum Gasteiger partial charge on any atom is 0.312 e. The zero-order chi connectivity index (χ0) is 11.1. The predicted molar refractivity (Wildman–Crippen MR) is 56.1 cm³/mol. The molecular weight excluding hydrogens is 192 g/mol. The third-order valence-electron chi connectivity index (χ3n) is 1.84. The lowest BCUT2D eigenvalue weighted by Gasteiger charge is -2.06. The molecule has 3 heteroatoms. The predicted octanol–water partition coefficient (Wildman–Crippen LogP) is 1.22. The molecule has 3 nitrogen and oxygen atoms in total. The average molecular weight is 204 g/mol. The van der Waals surface area contributed by atoms with Crippen molar-refractivity contribution in [1.29, 1.82) is 0 Å². The second-order valence-corrected chi connectivity index (χ2v) is 3.04. The van der Waals surface area contributed by atoms with Gasteiger partial charge in [0.25, 0.3) is 0 Å². The zero-order valence-electron chi connectivity index (χ0n) is 8.22. The van der Waals surface area contributed by atoms with E-state index in [0.717, 1.165) is 0 Å². The summed E-state index contributed by atoms with van der Waals surface area (Å²) in [5, 5.41) is 8.79. The first-order chi connectivity index (χ1) is 7.26. The molecule has 0 saturated heterocycles. The molecule has 1 N–H and O–H groups in total. The van der Waals surface area contributed by atoms with Gasteiger partial charge in [-0.3, -0.25) is 4.79 Å². The van der Waals surface area contributed by atoms with E-state index in [9.17, 15) is 4.79 Å². The molecule has 15 heavy (non-hydrogen) atoms. The van der Waals surface area contributed by atoms with Gasteiger partial charge in [-0.25, -0.2) is 0 Å². The van der Waals surface area contributed by atoms with Crippen LogP contribution in [-0.4, -0.2) is 17.7 Å². The summed E-state index contributed by atoms with van der Waals surface area (Å²) in [6.07, 6.45) is 5.14. The lowest BCUT2D eigenvalue weighted by atomic mass is 10.1. The molecule has 0 aliphatic heterocycles. The van der Waals surface area contributed by atoms with Crippen molar-refractivity contribution in [2.75, 3.05) is 6.61 Å². The lowest BCUT2D eigenvalue weighted by molar-refractivity contribution is -0.135. The van der Waals surface area contributed by atoms with Crippen LogP contribution in [0.1, 0.15) is 6.42 Å². The minimum Gasteiger partial charge on any atom is -0.426 e. The molecule has 0 aliphatic carbocycles. The van der Waals surface area contributed by atoms with Gasteiger partial charge in [-0.2, -0.15) is 0 Å². The third-order valence-corrected chi connectivity index (χ3v) is 1.84. The summed E-state index contributed by atoms with van der Waals surface area (Å²) in [5.41, 5.74) is 0. The Kier molecular flexibility index (Phi) is 4.39. The molecule has 1 aromatic rings. The number of ether oxygens (including phenoxy) is 1. The number of benzene rings is 1. The number of terminal acetylenes is 1. The van der Waals surface area contributed by atoms with Crippen LogP contribution in [0, 0.1) is 18.3 Å². The minimum atomic E-state index is -0.471. The maximum absolute atomic E-state index is 11.3. The minimum absolute atomic E-state index is 0.0297. The smallest absolute Gasteiger partial charge is 0.312 e. The third kappa shape index (κ3) is 3.84. The molecule has 78 valence electrons. The largest absolute Gasteiger partial charge is 0.426 e. The van der Waals surface area contributed by atoms with Gasteiger partial charge >= 0.3 is 5.97 Å². The van der Waals surface area contributed by atoms with Gasteiger partial charge in [-0.05, 0) is 12.1 Å².